The molecule has 0 saturated heterocycles. The van der Waals surface area contributed by atoms with Gasteiger partial charge in [-0.25, -0.2) is 14.4 Å². The van der Waals surface area contributed by atoms with E-state index in [0.29, 0.717) is 5.88 Å². The van der Waals surface area contributed by atoms with Crippen LogP contribution < -0.4 is 4.74 Å². The maximum Gasteiger partial charge on any atom is 0.231 e. The van der Waals surface area contributed by atoms with Crippen LogP contribution in [0, 0.1) is 12.7 Å². The Labute approximate surface area is 107 Å². The number of benzene rings is 1. The molecule has 0 aliphatic rings. The van der Waals surface area contributed by atoms with E-state index in [0.717, 1.165) is 15.1 Å². The fraction of sp³-hybridized carbons (Fsp3) is 0.0769. The van der Waals surface area contributed by atoms with Crippen molar-refractivity contribution >= 4 is 21.6 Å². The Morgan fingerprint density at radius 1 is 1.22 bits per heavy atom. The van der Waals surface area contributed by atoms with Crippen LogP contribution in [0.2, 0.25) is 0 Å². The summed E-state index contributed by atoms with van der Waals surface area (Å²) in [6, 6.07) is 8.20. The van der Waals surface area contributed by atoms with Crippen LogP contribution in [0.25, 0.3) is 10.2 Å². The Kier molecular flexibility index (Phi) is 2.68. The molecular formula is C13H9FN2OS. The molecule has 0 atom stereocenters. The van der Waals surface area contributed by atoms with E-state index in [1.807, 2.05) is 13.0 Å². The monoisotopic (exact) mass is 260 g/mol. The molecule has 0 aliphatic carbocycles. The Bertz CT molecular complexity index is 711. The predicted octanol–water partition coefficient (Wildman–Crippen LogP) is 3.93. The topological polar surface area (TPSA) is 35.0 Å². The average molecular weight is 260 g/mol. The van der Waals surface area contributed by atoms with Crippen molar-refractivity contribution in [1.29, 1.82) is 0 Å². The number of para-hydroxylation sites is 1. The Hall–Kier alpha value is -2.01. The van der Waals surface area contributed by atoms with Gasteiger partial charge in [0.15, 0.2) is 11.6 Å². The molecular weight excluding hydrogens is 251 g/mol. The number of hydrogen-bond donors (Lipinski definition) is 0. The molecule has 0 spiro atoms. The molecule has 3 aromatic rings. The zero-order chi connectivity index (χ0) is 12.5. The average Bonchev–Trinajstić information content (AvgIpc) is 2.73. The highest BCUT2D eigenvalue weighted by molar-refractivity contribution is 7.18. The van der Waals surface area contributed by atoms with Gasteiger partial charge in [-0.2, -0.15) is 0 Å². The molecule has 5 heteroatoms. The van der Waals surface area contributed by atoms with E-state index in [2.05, 4.69) is 9.97 Å². The molecule has 0 fully saturated rings. The molecule has 0 N–H and O–H groups in total. The van der Waals surface area contributed by atoms with Gasteiger partial charge in [0.2, 0.25) is 5.88 Å². The van der Waals surface area contributed by atoms with Crippen LogP contribution in [-0.4, -0.2) is 9.97 Å². The van der Waals surface area contributed by atoms with E-state index in [9.17, 15) is 4.39 Å². The normalized spacial score (nSPS) is 10.8. The largest absolute Gasteiger partial charge is 0.435 e. The van der Waals surface area contributed by atoms with Gasteiger partial charge in [-0.3, -0.25) is 0 Å². The summed E-state index contributed by atoms with van der Waals surface area (Å²) in [5, 5.41) is 0.809. The van der Waals surface area contributed by atoms with Gasteiger partial charge in [0.05, 0.1) is 5.39 Å². The van der Waals surface area contributed by atoms with E-state index < -0.39 is 5.82 Å². The number of thiophene rings is 1. The van der Waals surface area contributed by atoms with Crippen molar-refractivity contribution in [3.63, 3.8) is 0 Å². The highest BCUT2D eigenvalue weighted by Gasteiger charge is 2.10. The fourth-order valence-corrected chi connectivity index (χ4v) is 2.51. The van der Waals surface area contributed by atoms with Crippen LogP contribution in [0.3, 0.4) is 0 Å². The number of ether oxygens (including phenoxy) is 1. The molecule has 0 aliphatic heterocycles. The second-order valence-electron chi connectivity index (χ2n) is 3.79. The number of hydrogen-bond acceptors (Lipinski definition) is 4. The molecule has 2 aromatic heterocycles. The van der Waals surface area contributed by atoms with E-state index in [4.69, 9.17) is 4.74 Å². The van der Waals surface area contributed by atoms with Crippen LogP contribution in [0.5, 0.6) is 11.6 Å². The summed E-state index contributed by atoms with van der Waals surface area (Å²) in [4.78, 5) is 10.2. The first-order chi connectivity index (χ1) is 8.74. The first-order valence-electron chi connectivity index (χ1n) is 5.37. The lowest BCUT2D eigenvalue weighted by atomic mass is 10.3. The molecule has 0 radical (unpaired) electrons. The number of halogens is 1. The van der Waals surface area contributed by atoms with Crippen molar-refractivity contribution in [2.24, 2.45) is 0 Å². The van der Waals surface area contributed by atoms with Crippen molar-refractivity contribution in [2.45, 2.75) is 6.92 Å². The summed E-state index contributed by atoms with van der Waals surface area (Å²) in [6.07, 6.45) is 1.43. The maximum absolute atomic E-state index is 13.5. The second kappa shape index (κ2) is 4.34. The molecule has 2 heterocycles. The van der Waals surface area contributed by atoms with Crippen molar-refractivity contribution in [3.05, 3.63) is 47.4 Å². The second-order valence-corrected chi connectivity index (χ2v) is 5.02. The zero-order valence-electron chi connectivity index (χ0n) is 9.55. The van der Waals surface area contributed by atoms with Gasteiger partial charge in [0.25, 0.3) is 0 Å². The maximum atomic E-state index is 13.5. The van der Waals surface area contributed by atoms with Gasteiger partial charge >= 0.3 is 0 Å². The summed E-state index contributed by atoms with van der Waals surface area (Å²) < 4.78 is 19.0. The molecule has 18 heavy (non-hydrogen) atoms. The summed E-state index contributed by atoms with van der Waals surface area (Å²) in [5.41, 5.74) is 0. The SMILES string of the molecule is Cc1cc2c(Oc3ccccc3F)ncnc2s1. The summed E-state index contributed by atoms with van der Waals surface area (Å²) in [6.45, 7) is 1.99. The molecule has 90 valence electrons. The van der Waals surface area contributed by atoms with Crippen LogP contribution in [0.15, 0.2) is 36.7 Å². The highest BCUT2D eigenvalue weighted by atomic mass is 32.1. The zero-order valence-corrected chi connectivity index (χ0v) is 10.4. The first-order valence-corrected chi connectivity index (χ1v) is 6.19. The molecule has 3 rings (SSSR count). The van der Waals surface area contributed by atoms with E-state index in [-0.39, 0.29) is 5.75 Å². The standard InChI is InChI=1S/C13H9FN2OS/c1-8-6-9-12(15-7-16-13(9)18-8)17-11-5-3-2-4-10(11)14/h2-7H,1H3. The third kappa shape index (κ3) is 1.93. The van der Waals surface area contributed by atoms with Crippen LogP contribution >= 0.6 is 11.3 Å². The van der Waals surface area contributed by atoms with Gasteiger partial charge in [-0.1, -0.05) is 12.1 Å². The third-order valence-electron chi connectivity index (χ3n) is 2.46. The minimum absolute atomic E-state index is 0.168. The Balaban J connectivity index is 2.07. The highest BCUT2D eigenvalue weighted by Crippen LogP contribution is 2.32. The minimum atomic E-state index is -0.406. The number of fused-ring (bicyclic) bond motifs is 1. The Morgan fingerprint density at radius 2 is 2.06 bits per heavy atom. The Morgan fingerprint density at radius 3 is 2.89 bits per heavy atom. The molecule has 0 unspecified atom stereocenters. The summed E-state index contributed by atoms with van der Waals surface area (Å²) in [7, 11) is 0. The molecule has 1 aromatic carbocycles. The lowest BCUT2D eigenvalue weighted by Gasteiger charge is -2.05. The lowest BCUT2D eigenvalue weighted by molar-refractivity contribution is 0.432. The number of aryl methyl sites for hydroxylation is 1. The van der Waals surface area contributed by atoms with E-state index in [1.54, 1.807) is 29.5 Å². The summed E-state index contributed by atoms with van der Waals surface area (Å²) in [5.74, 6) is 0.145. The third-order valence-corrected chi connectivity index (χ3v) is 3.42. The quantitative estimate of drug-likeness (QED) is 0.700. The number of rotatable bonds is 2. The van der Waals surface area contributed by atoms with Crippen molar-refractivity contribution in [3.8, 4) is 11.6 Å². The van der Waals surface area contributed by atoms with Gasteiger partial charge in [0, 0.05) is 4.88 Å². The van der Waals surface area contributed by atoms with Crippen LogP contribution in [0.4, 0.5) is 4.39 Å². The lowest BCUT2D eigenvalue weighted by Crippen LogP contribution is -1.91. The van der Waals surface area contributed by atoms with Crippen LogP contribution in [0.1, 0.15) is 4.88 Å². The summed E-state index contributed by atoms with van der Waals surface area (Å²) >= 11 is 1.56. The van der Waals surface area contributed by atoms with E-state index >= 15 is 0 Å². The minimum Gasteiger partial charge on any atom is -0.435 e. The number of nitrogens with zero attached hydrogens (tertiary/aromatic N) is 2. The molecule has 3 nitrogen and oxygen atoms in total. The molecule has 0 saturated carbocycles. The van der Waals surface area contributed by atoms with Crippen LogP contribution in [-0.2, 0) is 0 Å². The molecule has 0 bridgehead atoms. The first kappa shape index (κ1) is 11.1. The van der Waals surface area contributed by atoms with Gasteiger partial charge < -0.3 is 4.74 Å². The number of aromatic nitrogens is 2. The van der Waals surface area contributed by atoms with Crippen molar-refractivity contribution in [2.75, 3.05) is 0 Å². The fourth-order valence-electron chi connectivity index (χ4n) is 1.67. The predicted molar refractivity (Wildman–Crippen MR) is 68.6 cm³/mol. The van der Waals surface area contributed by atoms with Gasteiger partial charge in [-0.15, -0.1) is 11.3 Å². The van der Waals surface area contributed by atoms with Gasteiger partial charge in [-0.05, 0) is 25.1 Å². The van der Waals surface area contributed by atoms with Crippen molar-refractivity contribution < 1.29 is 9.13 Å². The molecule has 0 amide bonds. The van der Waals surface area contributed by atoms with Crippen molar-refractivity contribution in [1.82, 2.24) is 9.97 Å². The van der Waals surface area contributed by atoms with Gasteiger partial charge in [0.1, 0.15) is 11.2 Å². The van der Waals surface area contributed by atoms with E-state index in [1.165, 1.54) is 12.4 Å². The smallest absolute Gasteiger partial charge is 0.231 e.